The van der Waals surface area contributed by atoms with E-state index < -0.39 is 75.5 Å². The summed E-state index contributed by atoms with van der Waals surface area (Å²) in [5.41, 5.74) is -7.43. The Morgan fingerprint density at radius 3 is 2.16 bits per heavy atom. The molecule has 0 fully saturated rings. The summed E-state index contributed by atoms with van der Waals surface area (Å²) in [5.74, 6) is -1.85. The number of aliphatic hydroxyl groups is 3. The van der Waals surface area contributed by atoms with E-state index in [9.17, 15) is 54.2 Å². The second-order valence-corrected chi connectivity index (χ2v) is 10.3. The Morgan fingerprint density at radius 1 is 1.05 bits per heavy atom. The van der Waals surface area contributed by atoms with Gasteiger partial charge in [0.15, 0.2) is 6.10 Å². The summed E-state index contributed by atoms with van der Waals surface area (Å²) in [7, 11) is -4.62. The van der Waals surface area contributed by atoms with Crippen molar-refractivity contribution < 1.29 is 59.3 Å². The number of alkyl halides is 6. The molecule has 1 aliphatic heterocycles. The first kappa shape index (κ1) is 29.6. The summed E-state index contributed by atoms with van der Waals surface area (Å²) >= 11 is 0. The number of aryl methyl sites for hydroxylation is 1. The molecule has 1 amide bonds. The quantitative estimate of drug-likeness (QED) is 0.376. The normalized spacial score (nSPS) is 17.6. The van der Waals surface area contributed by atoms with Gasteiger partial charge < -0.3 is 20.6 Å². The molecule has 2 aromatic carbocycles. The molecule has 0 bridgehead atoms. The van der Waals surface area contributed by atoms with E-state index in [4.69, 9.17) is 5.11 Å². The second kappa shape index (κ2) is 10.3. The third kappa shape index (κ3) is 5.30. The van der Waals surface area contributed by atoms with Crippen molar-refractivity contribution in [2.45, 2.75) is 47.8 Å². The zero-order valence-electron chi connectivity index (χ0n) is 19.1. The number of benzene rings is 2. The van der Waals surface area contributed by atoms with E-state index in [2.05, 4.69) is 5.32 Å². The number of aliphatic hydroxyl groups excluding tert-OH is 2. The lowest BCUT2D eigenvalue weighted by Crippen LogP contribution is -2.54. The fourth-order valence-corrected chi connectivity index (χ4v) is 5.72. The molecule has 0 radical (unpaired) electrons. The van der Waals surface area contributed by atoms with Crippen molar-refractivity contribution in [2.75, 3.05) is 17.5 Å². The van der Waals surface area contributed by atoms with Gasteiger partial charge in [-0.3, -0.25) is 9.10 Å². The van der Waals surface area contributed by atoms with Crippen LogP contribution in [0.25, 0.3) is 0 Å². The average Bonchev–Trinajstić information content (AvgIpc) is 2.84. The van der Waals surface area contributed by atoms with Crippen LogP contribution in [0.5, 0.6) is 0 Å². The maximum Gasteiger partial charge on any atom is 0.430 e. The Hall–Kier alpha value is -2.95. The second-order valence-electron chi connectivity index (χ2n) is 8.44. The number of rotatable bonds is 7. The highest BCUT2D eigenvalue weighted by molar-refractivity contribution is 7.92. The number of nitrogens with one attached hydrogen (secondary N) is 1. The number of hydrogen-bond acceptors (Lipinski definition) is 6. The summed E-state index contributed by atoms with van der Waals surface area (Å²) in [6.07, 6.45) is -14.6. The van der Waals surface area contributed by atoms with Gasteiger partial charge >= 0.3 is 12.4 Å². The molecule has 1 heterocycles. The van der Waals surface area contributed by atoms with Crippen molar-refractivity contribution >= 4 is 21.6 Å². The Bertz CT molecular complexity index is 1270. The average molecular weight is 574 g/mol. The molecule has 3 rings (SSSR count). The lowest BCUT2D eigenvalue weighted by molar-refractivity contribution is -0.376. The van der Waals surface area contributed by atoms with Gasteiger partial charge in [-0.05, 0) is 48.7 Å². The number of hydrogen-bond donors (Lipinski definition) is 4. The molecule has 0 spiro atoms. The topological polar surface area (TPSA) is 127 Å². The largest absolute Gasteiger partial charge is 0.430 e. The van der Waals surface area contributed by atoms with Crippen LogP contribution in [0.1, 0.15) is 17.5 Å². The lowest BCUT2D eigenvalue weighted by Gasteiger charge is -2.39. The standard InChI is InChI=1S/C22H21F7N2O6S/c23-14-3-6-16(7-4-14)38(36,37)31-15(10-30-19(34)18(33)11-32)5-1-12-9-13(2-8-17(12)31)20(35,21(24,25)26)22(27,28)29/h2-4,6-9,15,18,32-33,35H,1,5,10-11H2,(H,30,34)/t15-,18?/m0/s1. The van der Waals surface area contributed by atoms with Crippen LogP contribution >= 0.6 is 0 Å². The van der Waals surface area contributed by atoms with E-state index in [0.717, 1.165) is 24.3 Å². The molecule has 4 N–H and O–H groups in total. The summed E-state index contributed by atoms with van der Waals surface area (Å²) in [6, 6.07) is 3.66. The van der Waals surface area contributed by atoms with E-state index in [-0.39, 0.29) is 24.1 Å². The number of fused-ring (bicyclic) bond motifs is 1. The molecule has 1 unspecified atom stereocenters. The van der Waals surface area contributed by atoms with Gasteiger partial charge in [-0.25, -0.2) is 12.8 Å². The van der Waals surface area contributed by atoms with Gasteiger partial charge in [0.05, 0.1) is 23.2 Å². The zero-order chi connectivity index (χ0) is 28.7. The molecule has 8 nitrogen and oxygen atoms in total. The van der Waals surface area contributed by atoms with Gasteiger partial charge in [0, 0.05) is 12.1 Å². The zero-order valence-corrected chi connectivity index (χ0v) is 19.9. The SMILES string of the molecule is O=C(NC[C@@H]1CCc2cc(C(O)(C(F)(F)F)C(F)(F)F)ccc2N1S(=O)(=O)c1ccc(F)cc1)C(O)CO. The molecule has 2 atom stereocenters. The van der Waals surface area contributed by atoms with Gasteiger partial charge in [0.1, 0.15) is 5.82 Å². The van der Waals surface area contributed by atoms with E-state index in [0.29, 0.717) is 22.5 Å². The monoisotopic (exact) mass is 574 g/mol. The number of anilines is 1. The minimum absolute atomic E-state index is 0.219. The van der Waals surface area contributed by atoms with E-state index >= 15 is 0 Å². The van der Waals surface area contributed by atoms with Crippen molar-refractivity contribution in [3.05, 3.63) is 59.4 Å². The molecule has 210 valence electrons. The van der Waals surface area contributed by atoms with E-state index in [1.807, 2.05) is 0 Å². The molecule has 0 aliphatic carbocycles. The van der Waals surface area contributed by atoms with Crippen LogP contribution in [0.15, 0.2) is 47.4 Å². The van der Waals surface area contributed by atoms with Gasteiger partial charge in [0.2, 0.25) is 0 Å². The van der Waals surface area contributed by atoms with Crippen LogP contribution in [0, 0.1) is 5.82 Å². The van der Waals surface area contributed by atoms with Gasteiger partial charge in [-0.1, -0.05) is 12.1 Å². The third-order valence-corrected chi connectivity index (χ3v) is 7.87. The first-order valence-corrected chi connectivity index (χ1v) is 12.2. The summed E-state index contributed by atoms with van der Waals surface area (Å²) in [5, 5.41) is 30.3. The lowest BCUT2D eigenvalue weighted by atomic mass is 9.88. The van der Waals surface area contributed by atoms with Crippen LogP contribution in [-0.4, -0.2) is 67.3 Å². The van der Waals surface area contributed by atoms with Gasteiger partial charge in [-0.2, -0.15) is 26.3 Å². The minimum Gasteiger partial charge on any atom is -0.393 e. The van der Waals surface area contributed by atoms with Crippen molar-refractivity contribution in [3.8, 4) is 0 Å². The minimum atomic E-state index is -6.16. The molecule has 1 aliphatic rings. The Balaban J connectivity index is 2.13. The fraction of sp³-hybridized carbons (Fsp3) is 0.409. The first-order chi connectivity index (χ1) is 17.4. The van der Waals surface area contributed by atoms with Crippen molar-refractivity contribution in [1.29, 1.82) is 0 Å². The van der Waals surface area contributed by atoms with Crippen LogP contribution in [0.2, 0.25) is 0 Å². The van der Waals surface area contributed by atoms with Gasteiger partial charge in [-0.15, -0.1) is 0 Å². The highest BCUT2D eigenvalue weighted by atomic mass is 32.2. The number of carbonyl (C=O) groups is 1. The van der Waals surface area contributed by atoms with Crippen LogP contribution in [-0.2, 0) is 26.8 Å². The third-order valence-electron chi connectivity index (χ3n) is 5.99. The number of sulfonamides is 1. The maximum atomic E-state index is 13.5. The van der Waals surface area contributed by atoms with E-state index in [1.54, 1.807) is 0 Å². The Labute approximate surface area is 211 Å². The van der Waals surface area contributed by atoms with Crippen molar-refractivity contribution in [3.63, 3.8) is 0 Å². The molecule has 0 aromatic heterocycles. The molecular formula is C22H21F7N2O6S. The summed E-state index contributed by atoms with van der Waals surface area (Å²) in [6.45, 7) is -1.41. The number of nitrogens with zero attached hydrogens (tertiary/aromatic N) is 1. The summed E-state index contributed by atoms with van der Waals surface area (Å²) < 4.78 is 121. The molecule has 38 heavy (non-hydrogen) atoms. The molecule has 0 saturated heterocycles. The Kier molecular flexibility index (Phi) is 8.04. The number of halogens is 7. The molecule has 0 saturated carbocycles. The Morgan fingerprint density at radius 2 is 1.63 bits per heavy atom. The van der Waals surface area contributed by atoms with Crippen LogP contribution < -0.4 is 9.62 Å². The predicted molar refractivity (Wildman–Crippen MR) is 117 cm³/mol. The molecule has 16 heteroatoms. The highest BCUT2D eigenvalue weighted by Gasteiger charge is 2.71. The van der Waals surface area contributed by atoms with Crippen molar-refractivity contribution in [1.82, 2.24) is 5.32 Å². The predicted octanol–water partition coefficient (Wildman–Crippen LogP) is 2.12. The van der Waals surface area contributed by atoms with Crippen LogP contribution in [0.3, 0.4) is 0 Å². The van der Waals surface area contributed by atoms with E-state index in [1.165, 1.54) is 0 Å². The highest BCUT2D eigenvalue weighted by Crippen LogP contribution is 2.51. The molecular weight excluding hydrogens is 553 g/mol. The van der Waals surface area contributed by atoms with Gasteiger partial charge in [0.25, 0.3) is 21.5 Å². The summed E-state index contributed by atoms with van der Waals surface area (Å²) in [4.78, 5) is 11.4. The first-order valence-electron chi connectivity index (χ1n) is 10.8. The van der Waals surface area contributed by atoms with Crippen molar-refractivity contribution in [2.24, 2.45) is 0 Å². The smallest absolute Gasteiger partial charge is 0.393 e. The fourth-order valence-electron chi connectivity index (χ4n) is 4.00. The maximum absolute atomic E-state index is 13.5. The van der Waals surface area contributed by atoms with Crippen LogP contribution in [0.4, 0.5) is 36.4 Å². The number of carbonyl (C=O) groups excluding carboxylic acids is 1. The molecule has 2 aromatic rings. The number of amides is 1.